The number of carbonyl (C=O) groups is 1. The first-order chi connectivity index (χ1) is 8.65. The second-order valence-electron chi connectivity index (χ2n) is 4.11. The van der Waals surface area contributed by atoms with E-state index < -0.39 is 5.97 Å². The van der Waals surface area contributed by atoms with Crippen molar-refractivity contribution in [3.63, 3.8) is 0 Å². The van der Waals surface area contributed by atoms with Crippen LogP contribution in [0.15, 0.2) is 48.5 Å². The Hall–Kier alpha value is -2.29. The largest absolute Gasteiger partial charge is 0.489 e. The maximum absolute atomic E-state index is 10.7. The van der Waals surface area contributed by atoms with Gasteiger partial charge in [-0.05, 0) is 36.8 Å². The Morgan fingerprint density at radius 3 is 2.50 bits per heavy atom. The maximum Gasteiger partial charge on any atom is 0.335 e. The average Bonchev–Trinajstić information content (AvgIpc) is 2.37. The summed E-state index contributed by atoms with van der Waals surface area (Å²) < 4.78 is 5.59. The molecule has 3 heteroatoms. The molecule has 2 aromatic carbocycles. The third-order valence-corrected chi connectivity index (χ3v) is 2.59. The van der Waals surface area contributed by atoms with Crippen molar-refractivity contribution in [2.45, 2.75) is 13.5 Å². The second-order valence-corrected chi connectivity index (χ2v) is 4.11. The maximum atomic E-state index is 10.7. The molecule has 0 atom stereocenters. The number of hydrogen-bond donors (Lipinski definition) is 1. The highest BCUT2D eigenvalue weighted by molar-refractivity contribution is 5.87. The van der Waals surface area contributed by atoms with E-state index in [1.807, 2.05) is 25.1 Å². The molecule has 0 aromatic heterocycles. The molecule has 2 aromatic rings. The van der Waals surface area contributed by atoms with Crippen molar-refractivity contribution in [3.8, 4) is 5.75 Å². The smallest absolute Gasteiger partial charge is 0.335 e. The number of ether oxygens (including phenoxy) is 1. The van der Waals surface area contributed by atoms with Gasteiger partial charge in [0.2, 0.25) is 0 Å². The van der Waals surface area contributed by atoms with E-state index in [1.54, 1.807) is 12.1 Å². The zero-order chi connectivity index (χ0) is 13.0. The van der Waals surface area contributed by atoms with E-state index in [0.29, 0.717) is 12.4 Å². The number of carboxylic acids is 1. The number of hydrogen-bond acceptors (Lipinski definition) is 2. The van der Waals surface area contributed by atoms with Crippen molar-refractivity contribution >= 4 is 5.97 Å². The lowest BCUT2D eigenvalue weighted by Crippen LogP contribution is -1.98. The molecule has 0 radical (unpaired) electrons. The molecule has 0 bridgehead atoms. The number of carboxylic acid groups (broad SMARTS) is 1. The van der Waals surface area contributed by atoms with Gasteiger partial charge in [-0.1, -0.05) is 29.8 Å². The van der Waals surface area contributed by atoms with Crippen LogP contribution in [0.2, 0.25) is 0 Å². The fourth-order valence-electron chi connectivity index (χ4n) is 1.66. The third-order valence-electron chi connectivity index (χ3n) is 2.59. The lowest BCUT2D eigenvalue weighted by Gasteiger charge is -2.07. The minimum absolute atomic E-state index is 0.262. The van der Waals surface area contributed by atoms with Crippen molar-refractivity contribution in [1.29, 1.82) is 0 Å². The molecule has 0 spiro atoms. The fourth-order valence-corrected chi connectivity index (χ4v) is 1.66. The molecule has 0 aliphatic heterocycles. The summed E-state index contributed by atoms with van der Waals surface area (Å²) in [5.74, 6) is -0.262. The lowest BCUT2D eigenvalue weighted by atomic mass is 10.1. The fraction of sp³-hybridized carbons (Fsp3) is 0.133. The monoisotopic (exact) mass is 242 g/mol. The van der Waals surface area contributed by atoms with Crippen LogP contribution in [0.5, 0.6) is 5.75 Å². The Balaban J connectivity index is 2.00. The summed E-state index contributed by atoms with van der Waals surface area (Å²) >= 11 is 0. The standard InChI is InChI=1S/C15H14O3/c1-11-3-2-4-12(9-11)10-18-14-7-5-13(6-8-14)15(16)17/h2-9H,10H2,1H3,(H,16,17). The topological polar surface area (TPSA) is 46.5 Å². The van der Waals surface area contributed by atoms with Gasteiger partial charge in [-0.25, -0.2) is 4.79 Å². The van der Waals surface area contributed by atoms with Gasteiger partial charge in [-0.15, -0.1) is 0 Å². The lowest BCUT2D eigenvalue weighted by molar-refractivity contribution is 0.0697. The average molecular weight is 242 g/mol. The van der Waals surface area contributed by atoms with E-state index in [0.717, 1.165) is 5.56 Å². The minimum Gasteiger partial charge on any atom is -0.489 e. The van der Waals surface area contributed by atoms with Gasteiger partial charge in [-0.2, -0.15) is 0 Å². The van der Waals surface area contributed by atoms with Gasteiger partial charge in [0.05, 0.1) is 5.56 Å². The summed E-state index contributed by atoms with van der Waals surface area (Å²) in [6, 6.07) is 14.5. The molecule has 0 saturated heterocycles. The zero-order valence-electron chi connectivity index (χ0n) is 10.1. The number of rotatable bonds is 4. The molecule has 0 amide bonds. The Labute approximate surface area is 106 Å². The van der Waals surface area contributed by atoms with Gasteiger partial charge < -0.3 is 9.84 Å². The third kappa shape index (κ3) is 3.10. The zero-order valence-corrected chi connectivity index (χ0v) is 10.1. The van der Waals surface area contributed by atoms with E-state index in [2.05, 4.69) is 6.07 Å². The van der Waals surface area contributed by atoms with Crippen LogP contribution in [0.1, 0.15) is 21.5 Å². The summed E-state index contributed by atoms with van der Waals surface area (Å²) in [6.45, 7) is 2.51. The van der Waals surface area contributed by atoms with E-state index in [1.165, 1.54) is 17.7 Å². The van der Waals surface area contributed by atoms with E-state index in [-0.39, 0.29) is 5.56 Å². The minimum atomic E-state index is -0.930. The number of benzene rings is 2. The highest BCUT2D eigenvalue weighted by atomic mass is 16.5. The van der Waals surface area contributed by atoms with E-state index in [4.69, 9.17) is 9.84 Å². The van der Waals surface area contributed by atoms with Crippen LogP contribution in [-0.4, -0.2) is 11.1 Å². The van der Waals surface area contributed by atoms with Crippen molar-refractivity contribution < 1.29 is 14.6 Å². The predicted octanol–water partition coefficient (Wildman–Crippen LogP) is 3.27. The van der Waals surface area contributed by atoms with Gasteiger partial charge in [0.1, 0.15) is 12.4 Å². The number of aryl methyl sites for hydroxylation is 1. The highest BCUT2D eigenvalue weighted by Crippen LogP contribution is 2.14. The van der Waals surface area contributed by atoms with Gasteiger partial charge in [-0.3, -0.25) is 0 Å². The van der Waals surface area contributed by atoms with Crippen LogP contribution in [0.4, 0.5) is 0 Å². The Bertz CT molecular complexity index is 544. The Morgan fingerprint density at radius 2 is 1.89 bits per heavy atom. The van der Waals surface area contributed by atoms with Crippen LogP contribution in [0.3, 0.4) is 0 Å². The molecule has 0 aliphatic carbocycles. The van der Waals surface area contributed by atoms with E-state index >= 15 is 0 Å². The first-order valence-corrected chi connectivity index (χ1v) is 5.67. The quantitative estimate of drug-likeness (QED) is 0.895. The normalized spacial score (nSPS) is 10.1. The molecule has 2 rings (SSSR count). The van der Waals surface area contributed by atoms with Gasteiger partial charge in [0.15, 0.2) is 0 Å². The highest BCUT2D eigenvalue weighted by Gasteiger charge is 2.02. The molecule has 3 nitrogen and oxygen atoms in total. The Kier molecular flexibility index (Phi) is 3.63. The molecule has 0 aliphatic rings. The van der Waals surface area contributed by atoms with Gasteiger partial charge >= 0.3 is 5.97 Å². The molecule has 0 unspecified atom stereocenters. The number of aromatic carboxylic acids is 1. The summed E-state index contributed by atoms with van der Waals surface area (Å²) in [4.78, 5) is 10.7. The van der Waals surface area contributed by atoms with Crippen LogP contribution in [-0.2, 0) is 6.61 Å². The van der Waals surface area contributed by atoms with Crippen molar-refractivity contribution in [3.05, 3.63) is 65.2 Å². The molecule has 18 heavy (non-hydrogen) atoms. The molecule has 1 N–H and O–H groups in total. The SMILES string of the molecule is Cc1cccc(COc2ccc(C(=O)O)cc2)c1. The molecular formula is C15H14O3. The molecule has 0 saturated carbocycles. The first kappa shape index (κ1) is 12.2. The van der Waals surface area contributed by atoms with Crippen molar-refractivity contribution in [1.82, 2.24) is 0 Å². The van der Waals surface area contributed by atoms with Gasteiger partial charge in [0, 0.05) is 0 Å². The summed E-state index contributed by atoms with van der Waals surface area (Å²) in [5.41, 5.74) is 2.55. The van der Waals surface area contributed by atoms with Crippen LogP contribution in [0.25, 0.3) is 0 Å². The molecule has 0 heterocycles. The molecule has 92 valence electrons. The Morgan fingerprint density at radius 1 is 1.17 bits per heavy atom. The van der Waals surface area contributed by atoms with Gasteiger partial charge in [0.25, 0.3) is 0 Å². The van der Waals surface area contributed by atoms with Crippen LogP contribution in [0, 0.1) is 6.92 Å². The van der Waals surface area contributed by atoms with Crippen molar-refractivity contribution in [2.75, 3.05) is 0 Å². The van der Waals surface area contributed by atoms with Crippen molar-refractivity contribution in [2.24, 2.45) is 0 Å². The van der Waals surface area contributed by atoms with Crippen LogP contribution < -0.4 is 4.74 Å². The molecule has 0 fully saturated rings. The summed E-state index contributed by atoms with van der Waals surface area (Å²) in [6.07, 6.45) is 0. The predicted molar refractivity (Wildman–Crippen MR) is 68.9 cm³/mol. The van der Waals surface area contributed by atoms with E-state index in [9.17, 15) is 4.79 Å². The first-order valence-electron chi connectivity index (χ1n) is 5.67. The summed E-state index contributed by atoms with van der Waals surface area (Å²) in [5, 5.41) is 8.77. The molecular weight excluding hydrogens is 228 g/mol. The van der Waals surface area contributed by atoms with Crippen LogP contribution >= 0.6 is 0 Å². The summed E-state index contributed by atoms with van der Waals surface area (Å²) in [7, 11) is 0. The second kappa shape index (κ2) is 5.36.